The van der Waals surface area contributed by atoms with Crippen molar-refractivity contribution in [2.24, 2.45) is 0 Å². The molecule has 7 nitrogen and oxygen atoms in total. The molecule has 128 valence electrons. The van der Waals surface area contributed by atoms with E-state index in [-0.39, 0.29) is 18.4 Å². The van der Waals surface area contributed by atoms with Crippen LogP contribution in [0.5, 0.6) is 0 Å². The Morgan fingerprint density at radius 2 is 2.29 bits per heavy atom. The van der Waals surface area contributed by atoms with Gasteiger partial charge in [0.2, 0.25) is 17.6 Å². The molecular formula is C17H21N3O4. The van der Waals surface area contributed by atoms with Gasteiger partial charge in [-0.1, -0.05) is 17.3 Å². The number of anilines is 1. The fourth-order valence-electron chi connectivity index (χ4n) is 2.56. The molecule has 7 heteroatoms. The van der Waals surface area contributed by atoms with Crippen molar-refractivity contribution in [1.82, 2.24) is 10.1 Å². The first-order valence-corrected chi connectivity index (χ1v) is 8.11. The molecule has 0 saturated carbocycles. The molecule has 2 heterocycles. The van der Waals surface area contributed by atoms with E-state index in [4.69, 9.17) is 14.0 Å². The van der Waals surface area contributed by atoms with E-state index in [1.807, 2.05) is 24.3 Å². The van der Waals surface area contributed by atoms with Crippen LogP contribution in [-0.2, 0) is 14.3 Å². The van der Waals surface area contributed by atoms with Crippen LogP contribution < -0.4 is 5.32 Å². The first kappa shape index (κ1) is 16.6. The Morgan fingerprint density at radius 3 is 3.04 bits per heavy atom. The van der Waals surface area contributed by atoms with E-state index in [0.29, 0.717) is 30.6 Å². The molecule has 1 aromatic heterocycles. The minimum absolute atomic E-state index is 0.116. The minimum Gasteiger partial charge on any atom is -0.378 e. The molecule has 2 aromatic rings. The molecule has 3 rings (SSSR count). The number of hydrogen-bond donors (Lipinski definition) is 1. The van der Waals surface area contributed by atoms with Crippen LogP contribution in [0.2, 0.25) is 0 Å². The molecule has 1 N–H and O–H groups in total. The Bertz CT molecular complexity index is 680. The number of amides is 1. The third-order valence-corrected chi connectivity index (χ3v) is 3.77. The molecule has 1 atom stereocenters. The summed E-state index contributed by atoms with van der Waals surface area (Å²) in [6.07, 6.45) is 2.58. The van der Waals surface area contributed by atoms with Crippen LogP contribution in [0.3, 0.4) is 0 Å². The third-order valence-electron chi connectivity index (χ3n) is 3.77. The zero-order valence-corrected chi connectivity index (χ0v) is 13.7. The SMILES string of the molecule is Cc1nc(-c2ccccc2NC(=O)CCOCC2CCCO2)no1. The highest BCUT2D eigenvalue weighted by molar-refractivity contribution is 5.94. The van der Waals surface area contributed by atoms with Gasteiger partial charge < -0.3 is 19.3 Å². The predicted octanol–water partition coefficient (Wildman–Crippen LogP) is 2.57. The number of benzene rings is 1. The second-order valence-corrected chi connectivity index (χ2v) is 5.69. The molecule has 24 heavy (non-hydrogen) atoms. The van der Waals surface area contributed by atoms with E-state index >= 15 is 0 Å². The lowest BCUT2D eigenvalue weighted by molar-refractivity contribution is -0.117. The molecule has 1 aliphatic rings. The molecule has 1 unspecified atom stereocenters. The molecule has 0 bridgehead atoms. The zero-order valence-electron chi connectivity index (χ0n) is 13.7. The van der Waals surface area contributed by atoms with Crippen LogP contribution >= 0.6 is 0 Å². The molecule has 0 spiro atoms. The van der Waals surface area contributed by atoms with Gasteiger partial charge in [0.25, 0.3) is 0 Å². The van der Waals surface area contributed by atoms with Crippen LogP contribution in [0.4, 0.5) is 5.69 Å². The number of ether oxygens (including phenoxy) is 2. The van der Waals surface area contributed by atoms with Crippen LogP contribution in [0, 0.1) is 6.92 Å². The molecular weight excluding hydrogens is 310 g/mol. The number of carbonyl (C=O) groups excluding carboxylic acids is 1. The molecule has 1 saturated heterocycles. The summed E-state index contributed by atoms with van der Waals surface area (Å²) in [5.41, 5.74) is 1.38. The summed E-state index contributed by atoms with van der Waals surface area (Å²) < 4.78 is 16.0. The molecule has 1 fully saturated rings. The molecule has 1 aliphatic heterocycles. The van der Waals surface area contributed by atoms with E-state index < -0.39 is 0 Å². The number of hydrogen-bond acceptors (Lipinski definition) is 6. The lowest BCUT2D eigenvalue weighted by Gasteiger charge is -2.11. The average molecular weight is 331 g/mol. The topological polar surface area (TPSA) is 86.5 Å². The largest absolute Gasteiger partial charge is 0.378 e. The van der Waals surface area contributed by atoms with E-state index in [0.717, 1.165) is 25.0 Å². The highest BCUT2D eigenvalue weighted by atomic mass is 16.5. The lowest BCUT2D eigenvalue weighted by Crippen LogP contribution is -2.18. The van der Waals surface area contributed by atoms with Crippen LogP contribution in [0.15, 0.2) is 28.8 Å². The van der Waals surface area contributed by atoms with Gasteiger partial charge in [-0.3, -0.25) is 4.79 Å². The van der Waals surface area contributed by atoms with Crippen molar-refractivity contribution in [3.8, 4) is 11.4 Å². The van der Waals surface area contributed by atoms with E-state index in [9.17, 15) is 4.79 Å². The first-order valence-electron chi connectivity index (χ1n) is 8.11. The second kappa shape index (κ2) is 8.03. The lowest BCUT2D eigenvalue weighted by atomic mass is 10.1. The average Bonchev–Trinajstić information content (AvgIpc) is 3.24. The van der Waals surface area contributed by atoms with E-state index in [1.165, 1.54) is 0 Å². The maximum atomic E-state index is 12.1. The fourth-order valence-corrected chi connectivity index (χ4v) is 2.56. The van der Waals surface area contributed by atoms with Crippen molar-refractivity contribution in [2.45, 2.75) is 32.3 Å². The van der Waals surface area contributed by atoms with Gasteiger partial charge in [-0.2, -0.15) is 4.98 Å². The maximum absolute atomic E-state index is 12.1. The van der Waals surface area contributed by atoms with Gasteiger partial charge >= 0.3 is 0 Å². The highest BCUT2D eigenvalue weighted by Crippen LogP contribution is 2.25. The molecule has 1 amide bonds. The van der Waals surface area contributed by atoms with Crippen molar-refractivity contribution in [3.05, 3.63) is 30.2 Å². The number of para-hydroxylation sites is 1. The Morgan fingerprint density at radius 1 is 1.42 bits per heavy atom. The first-order chi connectivity index (χ1) is 11.7. The van der Waals surface area contributed by atoms with Crippen LogP contribution in [-0.4, -0.2) is 42.0 Å². The van der Waals surface area contributed by atoms with Crippen molar-refractivity contribution >= 4 is 11.6 Å². The molecule has 0 radical (unpaired) electrons. The van der Waals surface area contributed by atoms with Gasteiger partial charge in [0.15, 0.2) is 0 Å². The van der Waals surface area contributed by atoms with Gasteiger partial charge in [0, 0.05) is 19.1 Å². The quantitative estimate of drug-likeness (QED) is 0.785. The third kappa shape index (κ3) is 4.39. The summed E-state index contributed by atoms with van der Waals surface area (Å²) in [7, 11) is 0. The van der Waals surface area contributed by atoms with Crippen molar-refractivity contribution < 1.29 is 18.8 Å². The maximum Gasteiger partial charge on any atom is 0.226 e. The number of nitrogens with one attached hydrogen (secondary N) is 1. The molecule has 0 aliphatic carbocycles. The van der Waals surface area contributed by atoms with Gasteiger partial charge in [0.1, 0.15) is 0 Å². The monoisotopic (exact) mass is 331 g/mol. The summed E-state index contributed by atoms with van der Waals surface area (Å²) in [6, 6.07) is 7.36. The Hall–Kier alpha value is -2.25. The fraction of sp³-hybridized carbons (Fsp3) is 0.471. The van der Waals surface area contributed by atoms with E-state index in [1.54, 1.807) is 6.92 Å². The Kier molecular flexibility index (Phi) is 5.55. The van der Waals surface area contributed by atoms with Gasteiger partial charge in [-0.25, -0.2) is 0 Å². The number of nitrogens with zero attached hydrogens (tertiary/aromatic N) is 2. The normalized spacial score (nSPS) is 17.1. The van der Waals surface area contributed by atoms with Gasteiger partial charge in [-0.05, 0) is 25.0 Å². The van der Waals surface area contributed by atoms with Gasteiger partial charge in [0.05, 0.1) is 31.4 Å². The van der Waals surface area contributed by atoms with Crippen molar-refractivity contribution in [3.63, 3.8) is 0 Å². The van der Waals surface area contributed by atoms with E-state index in [2.05, 4.69) is 15.5 Å². The minimum atomic E-state index is -0.116. The van der Waals surface area contributed by atoms with Crippen molar-refractivity contribution in [1.29, 1.82) is 0 Å². The summed E-state index contributed by atoms with van der Waals surface area (Å²) in [4.78, 5) is 16.3. The number of carbonyl (C=O) groups is 1. The smallest absolute Gasteiger partial charge is 0.226 e. The number of aryl methyl sites for hydroxylation is 1. The summed E-state index contributed by atoms with van der Waals surface area (Å²) in [6.45, 7) is 3.45. The van der Waals surface area contributed by atoms with Crippen LogP contribution in [0.1, 0.15) is 25.2 Å². The summed E-state index contributed by atoms with van der Waals surface area (Å²) >= 11 is 0. The number of aromatic nitrogens is 2. The second-order valence-electron chi connectivity index (χ2n) is 5.69. The zero-order chi connectivity index (χ0) is 16.8. The standard InChI is InChI=1S/C17H21N3O4/c1-12-18-17(20-24-12)14-6-2-3-7-15(14)19-16(21)8-10-22-11-13-5-4-9-23-13/h2-3,6-7,13H,4-5,8-11H2,1H3,(H,19,21). The highest BCUT2D eigenvalue weighted by Gasteiger charge is 2.16. The molecule has 1 aromatic carbocycles. The van der Waals surface area contributed by atoms with Crippen LogP contribution in [0.25, 0.3) is 11.4 Å². The summed E-state index contributed by atoms with van der Waals surface area (Å²) in [5, 5.41) is 6.77. The Labute approximate surface area is 140 Å². The predicted molar refractivity (Wildman–Crippen MR) is 87.5 cm³/mol. The van der Waals surface area contributed by atoms with Gasteiger partial charge in [-0.15, -0.1) is 0 Å². The number of rotatable bonds is 7. The summed E-state index contributed by atoms with van der Waals surface area (Å²) in [5.74, 6) is 0.821. The Balaban J connectivity index is 1.51. The van der Waals surface area contributed by atoms with Crippen molar-refractivity contribution in [2.75, 3.05) is 25.1 Å².